The molecule has 0 saturated carbocycles. The maximum absolute atomic E-state index is 12.2. The molecule has 0 amide bonds. The highest BCUT2D eigenvalue weighted by Crippen LogP contribution is 2.36. The summed E-state index contributed by atoms with van der Waals surface area (Å²) in [7, 11) is 0. The molecule has 0 aliphatic carbocycles. The van der Waals surface area contributed by atoms with Crippen LogP contribution in [-0.2, 0) is 0 Å². The molecule has 0 aliphatic rings. The number of alkyl halides is 3. The molecule has 0 atom stereocenters. The van der Waals surface area contributed by atoms with Crippen molar-refractivity contribution in [3.8, 4) is 11.9 Å². The van der Waals surface area contributed by atoms with E-state index in [4.69, 9.17) is 5.26 Å². The summed E-state index contributed by atoms with van der Waals surface area (Å²) in [6.45, 7) is 0. The molecule has 0 heterocycles. The predicted molar refractivity (Wildman–Crippen MR) is 82.9 cm³/mol. The highest BCUT2D eigenvalue weighted by Gasteiger charge is 2.32. The maximum atomic E-state index is 12.2. The van der Waals surface area contributed by atoms with Gasteiger partial charge in [-0.05, 0) is 56.9 Å². The van der Waals surface area contributed by atoms with Crippen LogP contribution in [-0.4, -0.2) is 17.8 Å². The van der Waals surface area contributed by atoms with E-state index in [1.807, 2.05) is 22.6 Å². The first-order chi connectivity index (χ1) is 9.26. The van der Waals surface area contributed by atoms with Crippen LogP contribution in [0.5, 0.6) is 5.75 Å². The molecule has 1 N–H and O–H groups in total. The lowest BCUT2D eigenvalue weighted by atomic mass is 10.3. The number of ether oxygens (including phenoxy) is 1. The Morgan fingerprint density at radius 1 is 1.55 bits per heavy atom. The van der Waals surface area contributed by atoms with Gasteiger partial charge in [0, 0.05) is 3.57 Å². The molecule has 10 heteroatoms. The van der Waals surface area contributed by atoms with E-state index in [0.717, 1.165) is 0 Å². The van der Waals surface area contributed by atoms with Crippen LogP contribution in [0.1, 0.15) is 0 Å². The topological polar surface area (TPSA) is 57.4 Å². The number of benzene rings is 1. The monoisotopic (exact) mass is 479 g/mol. The fraction of sp³-hybridized carbons (Fsp3) is 0.200. The summed E-state index contributed by atoms with van der Waals surface area (Å²) in [6.07, 6.45) is -1.32. The van der Waals surface area contributed by atoms with E-state index in [1.165, 1.54) is 23.9 Å². The summed E-state index contributed by atoms with van der Waals surface area (Å²) < 4.78 is 41.0. The lowest BCUT2D eigenvalue weighted by Gasteiger charge is -2.12. The van der Waals surface area contributed by atoms with Gasteiger partial charge in [0.1, 0.15) is 5.75 Å². The zero-order chi connectivity index (χ0) is 15.3. The van der Waals surface area contributed by atoms with Crippen LogP contribution in [0.25, 0.3) is 0 Å². The van der Waals surface area contributed by atoms with Gasteiger partial charge in [-0.25, -0.2) is 4.99 Å². The summed E-state index contributed by atoms with van der Waals surface area (Å²) in [6, 6.07) is 2.60. The molecule has 0 bridgehead atoms. The molecule has 20 heavy (non-hydrogen) atoms. The van der Waals surface area contributed by atoms with Crippen molar-refractivity contribution in [1.82, 2.24) is 5.32 Å². The fourth-order valence-electron chi connectivity index (χ4n) is 1.09. The van der Waals surface area contributed by atoms with Crippen LogP contribution in [0.4, 0.5) is 18.9 Å². The van der Waals surface area contributed by atoms with Crippen molar-refractivity contribution >= 4 is 61.1 Å². The number of thioether (sulfide) groups is 1. The molecule has 0 aliphatic heterocycles. The largest absolute Gasteiger partial charge is 0.573 e. The standard InChI is InChI=1S/C10H6BrF3IN3OS/c1-20-9(17-4-16)18-7-2-5(11)8(3-6(7)15)19-10(12,13)14/h2-3H,1H3,(H,17,18). The smallest absolute Gasteiger partial charge is 0.405 e. The molecule has 0 saturated heterocycles. The first kappa shape index (κ1) is 17.4. The van der Waals surface area contributed by atoms with Gasteiger partial charge in [0.05, 0.1) is 10.2 Å². The third kappa shape index (κ3) is 5.37. The van der Waals surface area contributed by atoms with E-state index in [2.05, 4.69) is 31.0 Å². The van der Waals surface area contributed by atoms with Crippen LogP contribution >= 0.6 is 50.3 Å². The average Bonchev–Trinajstić information content (AvgIpc) is 2.32. The Hall–Kier alpha value is -0.670. The SMILES string of the molecule is CSC(=Nc1cc(Br)c(OC(F)(F)F)cc1I)NC#N. The van der Waals surface area contributed by atoms with Crippen molar-refractivity contribution in [3.05, 3.63) is 20.2 Å². The van der Waals surface area contributed by atoms with E-state index in [1.54, 1.807) is 12.4 Å². The van der Waals surface area contributed by atoms with Crippen molar-refractivity contribution in [3.63, 3.8) is 0 Å². The summed E-state index contributed by atoms with van der Waals surface area (Å²) in [5.74, 6) is -0.347. The highest BCUT2D eigenvalue weighted by molar-refractivity contribution is 14.1. The number of aliphatic imine (C=N–C) groups is 1. The normalized spacial score (nSPS) is 11.9. The summed E-state index contributed by atoms with van der Waals surface area (Å²) >= 11 is 6.04. The van der Waals surface area contributed by atoms with Crippen molar-refractivity contribution in [2.45, 2.75) is 6.36 Å². The second kappa shape index (κ2) is 7.37. The number of rotatable bonds is 2. The van der Waals surface area contributed by atoms with Crippen LogP contribution in [0.2, 0.25) is 0 Å². The van der Waals surface area contributed by atoms with Crippen molar-refractivity contribution in [2.75, 3.05) is 6.26 Å². The van der Waals surface area contributed by atoms with Gasteiger partial charge in [0.2, 0.25) is 0 Å². The Bertz CT molecular complexity index is 574. The Morgan fingerprint density at radius 2 is 2.20 bits per heavy atom. The number of nitrogens with zero attached hydrogens (tertiary/aromatic N) is 2. The first-order valence-electron chi connectivity index (χ1n) is 4.79. The van der Waals surface area contributed by atoms with Crippen LogP contribution < -0.4 is 10.1 Å². The van der Waals surface area contributed by atoms with Gasteiger partial charge >= 0.3 is 6.36 Å². The molecule has 1 rings (SSSR count). The van der Waals surface area contributed by atoms with E-state index in [0.29, 0.717) is 14.4 Å². The van der Waals surface area contributed by atoms with Crippen LogP contribution in [0, 0.1) is 15.0 Å². The lowest BCUT2D eigenvalue weighted by Crippen LogP contribution is -2.17. The summed E-state index contributed by atoms with van der Waals surface area (Å²) in [5.41, 5.74) is 0.416. The fourth-order valence-corrected chi connectivity index (χ4v) is 2.40. The molecule has 0 unspecified atom stereocenters. The molecule has 0 fully saturated rings. The quantitative estimate of drug-likeness (QED) is 0.225. The first-order valence-corrected chi connectivity index (χ1v) is 7.89. The van der Waals surface area contributed by atoms with Gasteiger partial charge in [-0.3, -0.25) is 5.32 Å². The molecular weight excluding hydrogens is 474 g/mol. The summed E-state index contributed by atoms with van der Waals surface area (Å²) in [4.78, 5) is 4.14. The summed E-state index contributed by atoms with van der Waals surface area (Å²) in [5, 5.41) is 11.2. The average molecular weight is 480 g/mol. The predicted octanol–water partition coefficient (Wildman–Crippen LogP) is 4.37. The van der Waals surface area contributed by atoms with E-state index >= 15 is 0 Å². The zero-order valence-electron chi connectivity index (χ0n) is 9.76. The Kier molecular flexibility index (Phi) is 6.41. The van der Waals surface area contributed by atoms with Crippen molar-refractivity contribution in [1.29, 1.82) is 5.26 Å². The second-order valence-corrected chi connectivity index (χ2v) is 5.95. The Morgan fingerprint density at radius 3 is 2.70 bits per heavy atom. The third-order valence-electron chi connectivity index (χ3n) is 1.81. The van der Waals surface area contributed by atoms with Gasteiger partial charge < -0.3 is 4.74 Å². The van der Waals surface area contributed by atoms with Gasteiger partial charge in [0.15, 0.2) is 11.4 Å². The third-order valence-corrected chi connectivity index (χ3v) is 3.87. The number of halogens is 5. The molecule has 4 nitrogen and oxygen atoms in total. The van der Waals surface area contributed by atoms with Gasteiger partial charge in [-0.15, -0.1) is 13.2 Å². The van der Waals surface area contributed by atoms with E-state index in [9.17, 15) is 13.2 Å². The van der Waals surface area contributed by atoms with Gasteiger partial charge in [-0.1, -0.05) is 11.8 Å². The molecular formula is C10H6BrF3IN3OS. The Labute approximate surface area is 139 Å². The number of nitrogens with one attached hydrogen (secondary N) is 1. The molecule has 1 aromatic carbocycles. The lowest BCUT2D eigenvalue weighted by molar-refractivity contribution is -0.274. The van der Waals surface area contributed by atoms with Crippen molar-refractivity contribution in [2.24, 2.45) is 4.99 Å². The second-order valence-electron chi connectivity index (χ2n) is 3.14. The molecule has 0 aromatic heterocycles. The number of hydrogen-bond acceptors (Lipinski definition) is 4. The number of hydrogen-bond donors (Lipinski definition) is 1. The molecule has 1 aromatic rings. The zero-order valence-corrected chi connectivity index (χ0v) is 14.3. The maximum Gasteiger partial charge on any atom is 0.573 e. The highest BCUT2D eigenvalue weighted by atomic mass is 127. The number of amidine groups is 1. The Balaban J connectivity index is 3.15. The van der Waals surface area contributed by atoms with E-state index < -0.39 is 6.36 Å². The minimum atomic E-state index is -4.76. The number of nitriles is 1. The van der Waals surface area contributed by atoms with E-state index in [-0.39, 0.29) is 10.2 Å². The van der Waals surface area contributed by atoms with Crippen molar-refractivity contribution < 1.29 is 17.9 Å². The van der Waals surface area contributed by atoms with Gasteiger partial charge in [0.25, 0.3) is 0 Å². The minimum absolute atomic E-state index is 0.117. The minimum Gasteiger partial charge on any atom is -0.405 e. The van der Waals surface area contributed by atoms with Crippen LogP contribution in [0.15, 0.2) is 21.6 Å². The van der Waals surface area contributed by atoms with Gasteiger partial charge in [-0.2, -0.15) is 5.26 Å². The molecule has 0 spiro atoms. The molecule has 0 radical (unpaired) electrons. The van der Waals surface area contributed by atoms with Crippen LogP contribution in [0.3, 0.4) is 0 Å². The molecule has 108 valence electrons.